The van der Waals surface area contributed by atoms with Crippen LogP contribution in [0.5, 0.6) is 5.75 Å². The lowest BCUT2D eigenvalue weighted by molar-refractivity contribution is -0.118. The van der Waals surface area contributed by atoms with Gasteiger partial charge in [-0.1, -0.05) is 0 Å². The molecule has 11 heteroatoms. The summed E-state index contributed by atoms with van der Waals surface area (Å²) >= 11 is 0. The van der Waals surface area contributed by atoms with Crippen LogP contribution in [0, 0.1) is 0 Å². The highest BCUT2D eigenvalue weighted by molar-refractivity contribution is 7.89. The number of hydrogen-bond donors (Lipinski definition) is 3. The minimum Gasteiger partial charge on any atom is -0.482 e. The van der Waals surface area contributed by atoms with Gasteiger partial charge in [-0.2, -0.15) is 5.10 Å². The molecule has 1 aromatic heterocycles. The van der Waals surface area contributed by atoms with E-state index in [1.54, 1.807) is 0 Å². The predicted octanol–water partition coefficient (Wildman–Crippen LogP) is 0.217. The molecule has 1 aromatic carbocycles. The largest absolute Gasteiger partial charge is 0.482 e. The number of aromatic nitrogens is 2. The number of hydrogen-bond acceptors (Lipinski definition) is 6. The molecule has 0 atom stereocenters. The highest BCUT2D eigenvalue weighted by Gasteiger charge is 2.21. The third-order valence-corrected chi connectivity index (χ3v) is 5.46. The highest BCUT2D eigenvalue weighted by atomic mass is 35.5. The Labute approximate surface area is 156 Å². The molecule has 0 bridgehead atoms. The van der Waals surface area contributed by atoms with E-state index in [1.807, 2.05) is 10.7 Å². The Morgan fingerprint density at radius 2 is 2.15 bits per heavy atom. The minimum absolute atomic E-state index is 0. The van der Waals surface area contributed by atoms with E-state index in [-0.39, 0.29) is 36.4 Å². The molecule has 0 aliphatic carbocycles. The molecule has 2 aliphatic heterocycles. The minimum atomic E-state index is -3.73. The number of carbonyl (C=O) groups is 1. The van der Waals surface area contributed by atoms with Crippen molar-refractivity contribution >= 4 is 34.0 Å². The molecule has 0 spiro atoms. The standard InChI is InChI=1S/C15H17N5O4S.ClH/c21-15-9-24-14-2-1-12(6-13(14)18-15)25(22,23)17-7-10-5-11-8-16-3-4-20(11)19-10;/h1-2,5-6,16-17H,3-4,7-9H2,(H,18,21);1H. The lowest BCUT2D eigenvalue weighted by atomic mass is 10.2. The number of fused-ring (bicyclic) bond motifs is 2. The van der Waals surface area contributed by atoms with Crippen LogP contribution in [0.3, 0.4) is 0 Å². The molecule has 1 amide bonds. The first-order valence-corrected chi connectivity index (χ1v) is 9.32. The third kappa shape index (κ3) is 3.68. The normalized spacial score (nSPS) is 15.9. The fraction of sp³-hybridized carbons (Fsp3) is 0.333. The lowest BCUT2D eigenvalue weighted by Crippen LogP contribution is -2.28. The lowest BCUT2D eigenvalue weighted by Gasteiger charge is -2.18. The summed E-state index contributed by atoms with van der Waals surface area (Å²) in [5.74, 6) is 0.139. The van der Waals surface area contributed by atoms with Crippen LogP contribution in [0.15, 0.2) is 29.2 Å². The van der Waals surface area contributed by atoms with Gasteiger partial charge in [-0.15, -0.1) is 12.4 Å². The van der Waals surface area contributed by atoms with E-state index in [9.17, 15) is 13.2 Å². The summed E-state index contributed by atoms with van der Waals surface area (Å²) in [4.78, 5) is 11.4. The number of amides is 1. The Kier molecular flexibility index (Phi) is 5.19. The molecular weight excluding hydrogens is 382 g/mol. The first-order chi connectivity index (χ1) is 12.0. The van der Waals surface area contributed by atoms with Gasteiger partial charge in [-0.05, 0) is 24.3 Å². The first-order valence-electron chi connectivity index (χ1n) is 7.84. The SMILES string of the molecule is Cl.O=C1COc2ccc(S(=O)(=O)NCc3cc4n(n3)CCNC4)cc2N1. The second-order valence-electron chi connectivity index (χ2n) is 5.85. The van der Waals surface area contributed by atoms with Crippen LogP contribution >= 0.6 is 12.4 Å². The molecule has 4 rings (SSSR count). The molecule has 140 valence electrons. The number of sulfonamides is 1. The van der Waals surface area contributed by atoms with Crippen LogP contribution < -0.4 is 20.1 Å². The van der Waals surface area contributed by atoms with Crippen LogP contribution in [-0.4, -0.2) is 37.3 Å². The quantitative estimate of drug-likeness (QED) is 0.677. The number of rotatable bonds is 4. The van der Waals surface area contributed by atoms with E-state index in [0.717, 1.165) is 25.3 Å². The smallest absolute Gasteiger partial charge is 0.262 e. The molecule has 26 heavy (non-hydrogen) atoms. The molecule has 2 aromatic rings. The zero-order chi connectivity index (χ0) is 17.4. The number of carbonyl (C=O) groups excluding carboxylic acids is 1. The van der Waals surface area contributed by atoms with Gasteiger partial charge in [-0.25, -0.2) is 13.1 Å². The van der Waals surface area contributed by atoms with Gasteiger partial charge in [0.05, 0.1) is 35.1 Å². The van der Waals surface area contributed by atoms with Gasteiger partial charge in [0.25, 0.3) is 5.91 Å². The van der Waals surface area contributed by atoms with Gasteiger partial charge in [0.15, 0.2) is 6.61 Å². The van der Waals surface area contributed by atoms with Crippen molar-refractivity contribution < 1.29 is 17.9 Å². The van der Waals surface area contributed by atoms with Crippen molar-refractivity contribution in [3.8, 4) is 5.75 Å². The van der Waals surface area contributed by atoms with Gasteiger partial charge in [0, 0.05) is 13.1 Å². The first kappa shape index (κ1) is 18.6. The van der Waals surface area contributed by atoms with E-state index in [1.165, 1.54) is 18.2 Å². The van der Waals surface area contributed by atoms with Gasteiger partial charge in [0.2, 0.25) is 10.0 Å². The van der Waals surface area contributed by atoms with Crippen molar-refractivity contribution in [3.05, 3.63) is 35.7 Å². The van der Waals surface area contributed by atoms with E-state index in [2.05, 4.69) is 20.5 Å². The molecule has 3 heterocycles. The van der Waals surface area contributed by atoms with E-state index >= 15 is 0 Å². The molecule has 0 radical (unpaired) electrons. The molecule has 0 unspecified atom stereocenters. The van der Waals surface area contributed by atoms with Crippen LogP contribution in [0.25, 0.3) is 0 Å². The summed E-state index contributed by atoms with van der Waals surface area (Å²) in [5.41, 5.74) is 2.05. The summed E-state index contributed by atoms with van der Waals surface area (Å²) in [6.45, 7) is 2.37. The Bertz CT molecular complexity index is 920. The number of ether oxygens (including phenoxy) is 1. The van der Waals surface area contributed by atoms with Gasteiger partial charge in [-0.3, -0.25) is 9.48 Å². The fourth-order valence-corrected chi connectivity index (χ4v) is 3.85. The summed E-state index contributed by atoms with van der Waals surface area (Å²) < 4.78 is 34.7. The maximum absolute atomic E-state index is 12.5. The summed E-state index contributed by atoms with van der Waals surface area (Å²) in [7, 11) is -3.73. The number of benzene rings is 1. The monoisotopic (exact) mass is 399 g/mol. The fourth-order valence-electron chi connectivity index (χ4n) is 2.82. The van der Waals surface area contributed by atoms with Crippen molar-refractivity contribution in [1.29, 1.82) is 0 Å². The highest BCUT2D eigenvalue weighted by Crippen LogP contribution is 2.30. The van der Waals surface area contributed by atoms with Crippen molar-refractivity contribution in [2.75, 3.05) is 18.5 Å². The van der Waals surface area contributed by atoms with Crippen LogP contribution in [0.2, 0.25) is 0 Å². The van der Waals surface area contributed by atoms with Crippen LogP contribution in [0.4, 0.5) is 5.69 Å². The number of halogens is 1. The van der Waals surface area contributed by atoms with Gasteiger partial charge in [0.1, 0.15) is 5.75 Å². The van der Waals surface area contributed by atoms with Crippen molar-refractivity contribution in [1.82, 2.24) is 19.8 Å². The number of anilines is 1. The molecule has 9 nitrogen and oxygen atoms in total. The van der Waals surface area contributed by atoms with E-state index in [0.29, 0.717) is 17.1 Å². The molecular formula is C15H18ClN5O4S. The number of nitrogens with zero attached hydrogens (tertiary/aromatic N) is 2. The predicted molar refractivity (Wildman–Crippen MR) is 95.8 cm³/mol. The summed E-state index contributed by atoms with van der Waals surface area (Å²) in [6, 6.07) is 6.25. The zero-order valence-electron chi connectivity index (χ0n) is 13.7. The maximum atomic E-state index is 12.5. The van der Waals surface area contributed by atoms with Crippen molar-refractivity contribution in [3.63, 3.8) is 0 Å². The van der Waals surface area contributed by atoms with Crippen molar-refractivity contribution in [2.45, 2.75) is 24.5 Å². The Balaban J connectivity index is 0.00000196. The van der Waals surface area contributed by atoms with E-state index < -0.39 is 10.0 Å². The number of nitrogens with one attached hydrogen (secondary N) is 3. The zero-order valence-corrected chi connectivity index (χ0v) is 15.3. The van der Waals surface area contributed by atoms with Crippen LogP contribution in [0.1, 0.15) is 11.4 Å². The Morgan fingerprint density at radius 1 is 1.31 bits per heavy atom. The molecule has 0 saturated heterocycles. The average Bonchev–Trinajstić information content (AvgIpc) is 3.02. The molecule has 0 fully saturated rings. The molecule has 3 N–H and O–H groups in total. The van der Waals surface area contributed by atoms with Crippen LogP contribution in [-0.2, 0) is 34.5 Å². The third-order valence-electron chi connectivity index (χ3n) is 4.06. The Morgan fingerprint density at radius 3 is 2.96 bits per heavy atom. The second kappa shape index (κ2) is 7.23. The molecule has 0 saturated carbocycles. The van der Waals surface area contributed by atoms with E-state index in [4.69, 9.17) is 4.74 Å². The molecule has 2 aliphatic rings. The Hall–Kier alpha value is -2.14. The van der Waals surface area contributed by atoms with Gasteiger partial charge >= 0.3 is 0 Å². The van der Waals surface area contributed by atoms with Crippen molar-refractivity contribution in [2.24, 2.45) is 0 Å². The van der Waals surface area contributed by atoms with Gasteiger partial charge < -0.3 is 15.4 Å². The maximum Gasteiger partial charge on any atom is 0.262 e. The summed E-state index contributed by atoms with van der Waals surface area (Å²) in [5, 5.41) is 10.2. The average molecular weight is 400 g/mol. The second-order valence-corrected chi connectivity index (χ2v) is 7.61. The summed E-state index contributed by atoms with van der Waals surface area (Å²) in [6.07, 6.45) is 0. The topological polar surface area (TPSA) is 114 Å².